The van der Waals surface area contributed by atoms with E-state index in [1.54, 1.807) is 12.5 Å². The predicted octanol–water partition coefficient (Wildman–Crippen LogP) is 2.12. The van der Waals surface area contributed by atoms with Crippen molar-refractivity contribution in [1.29, 1.82) is 0 Å². The molecule has 0 spiro atoms. The van der Waals surface area contributed by atoms with Gasteiger partial charge in [-0.25, -0.2) is 9.97 Å². The summed E-state index contributed by atoms with van der Waals surface area (Å²) in [7, 11) is 0. The van der Waals surface area contributed by atoms with Crippen molar-refractivity contribution in [3.05, 3.63) is 17.5 Å². The number of hydrogen-bond acceptors (Lipinski definition) is 3. The van der Waals surface area contributed by atoms with E-state index in [4.69, 9.17) is 11.6 Å². The Hall–Kier alpha value is -0.830. The molecule has 0 radical (unpaired) electrons. The van der Waals surface area contributed by atoms with E-state index in [0.29, 0.717) is 11.1 Å². The summed E-state index contributed by atoms with van der Waals surface area (Å²) in [6.07, 6.45) is 5.71. The van der Waals surface area contributed by atoms with Crippen LogP contribution >= 0.6 is 11.6 Å². The van der Waals surface area contributed by atoms with E-state index in [0.717, 1.165) is 12.4 Å². The normalized spacial score (nSPS) is 15.8. The van der Waals surface area contributed by atoms with Crippen LogP contribution in [-0.2, 0) is 0 Å². The molecule has 3 nitrogen and oxygen atoms in total. The first kappa shape index (κ1) is 8.75. The summed E-state index contributed by atoms with van der Waals surface area (Å²) in [5.41, 5.74) is 0. The number of hydrogen-bond donors (Lipinski definition) is 0. The molecular weight excluding hydrogens is 186 g/mol. The average molecular weight is 198 g/mol. The minimum absolute atomic E-state index is 0.649. The van der Waals surface area contributed by atoms with Crippen LogP contribution in [0, 0.1) is 0 Å². The molecule has 70 valence electrons. The van der Waals surface area contributed by atoms with E-state index in [1.807, 2.05) is 0 Å². The van der Waals surface area contributed by atoms with Gasteiger partial charge in [-0.15, -0.1) is 0 Å². The molecule has 1 aliphatic rings. The van der Waals surface area contributed by atoms with Crippen molar-refractivity contribution in [2.24, 2.45) is 0 Å². The third-order valence-corrected chi connectivity index (χ3v) is 2.52. The third kappa shape index (κ3) is 1.75. The second-order valence-electron chi connectivity index (χ2n) is 3.21. The van der Waals surface area contributed by atoms with Gasteiger partial charge in [-0.2, -0.15) is 0 Å². The van der Waals surface area contributed by atoms with Gasteiger partial charge < -0.3 is 4.90 Å². The molecule has 13 heavy (non-hydrogen) atoms. The second kappa shape index (κ2) is 3.50. The fourth-order valence-electron chi connectivity index (χ4n) is 1.48. The maximum atomic E-state index is 6.00. The summed E-state index contributed by atoms with van der Waals surface area (Å²) in [5.74, 6) is 0.877. The Morgan fingerprint density at radius 3 is 2.92 bits per heavy atom. The molecule has 0 bridgehead atoms. The lowest BCUT2D eigenvalue weighted by Gasteiger charge is -2.21. The van der Waals surface area contributed by atoms with Crippen molar-refractivity contribution < 1.29 is 0 Å². The summed E-state index contributed by atoms with van der Waals surface area (Å²) in [6, 6.07) is 0.650. The van der Waals surface area contributed by atoms with Gasteiger partial charge in [-0.3, -0.25) is 0 Å². The minimum Gasteiger partial charge on any atom is -0.353 e. The molecule has 1 fully saturated rings. The molecule has 0 aliphatic heterocycles. The fraction of sp³-hybridized carbons (Fsp3) is 0.556. The van der Waals surface area contributed by atoms with Crippen LogP contribution in [0.4, 0.5) is 5.82 Å². The zero-order valence-corrected chi connectivity index (χ0v) is 8.33. The molecule has 1 aliphatic carbocycles. The van der Waals surface area contributed by atoms with E-state index in [2.05, 4.69) is 21.8 Å². The van der Waals surface area contributed by atoms with E-state index in [1.165, 1.54) is 12.8 Å². The lowest BCUT2D eigenvalue weighted by atomic mass is 10.4. The molecule has 0 amide bonds. The maximum Gasteiger partial charge on any atom is 0.151 e. The molecule has 0 saturated heterocycles. The van der Waals surface area contributed by atoms with Crippen LogP contribution in [0.15, 0.2) is 12.5 Å². The lowest BCUT2D eigenvalue weighted by Crippen LogP contribution is -2.26. The SMILES string of the molecule is CCN(c1ncncc1Cl)C1CC1. The van der Waals surface area contributed by atoms with Crippen LogP contribution in [-0.4, -0.2) is 22.6 Å². The number of halogens is 1. The Kier molecular flexibility index (Phi) is 2.36. The number of anilines is 1. The van der Waals surface area contributed by atoms with Gasteiger partial charge in [0.25, 0.3) is 0 Å². The zero-order valence-electron chi connectivity index (χ0n) is 7.57. The van der Waals surface area contributed by atoms with Crippen LogP contribution in [0.25, 0.3) is 0 Å². The largest absolute Gasteiger partial charge is 0.353 e. The van der Waals surface area contributed by atoms with E-state index < -0.39 is 0 Å². The molecule has 0 unspecified atom stereocenters. The minimum atomic E-state index is 0.649. The molecule has 0 aromatic carbocycles. The van der Waals surface area contributed by atoms with Crippen LogP contribution in [0.2, 0.25) is 5.02 Å². The highest BCUT2D eigenvalue weighted by Crippen LogP contribution is 2.33. The first-order valence-electron chi connectivity index (χ1n) is 4.55. The van der Waals surface area contributed by atoms with E-state index >= 15 is 0 Å². The van der Waals surface area contributed by atoms with Gasteiger partial charge in [-0.1, -0.05) is 11.6 Å². The van der Waals surface area contributed by atoms with Gasteiger partial charge >= 0.3 is 0 Å². The second-order valence-corrected chi connectivity index (χ2v) is 3.62. The fourth-order valence-corrected chi connectivity index (χ4v) is 1.70. The standard InChI is InChI=1S/C9H12ClN3/c1-2-13(7-3-4-7)9-8(10)5-11-6-12-9/h5-7H,2-4H2,1H3. The highest BCUT2D eigenvalue weighted by atomic mass is 35.5. The van der Waals surface area contributed by atoms with Gasteiger partial charge in [-0.05, 0) is 19.8 Å². The molecule has 0 N–H and O–H groups in total. The molecule has 1 aromatic heterocycles. The number of aromatic nitrogens is 2. The van der Waals surface area contributed by atoms with Crippen molar-refractivity contribution >= 4 is 17.4 Å². The average Bonchev–Trinajstić information content (AvgIpc) is 2.93. The first-order chi connectivity index (χ1) is 6.33. The quantitative estimate of drug-likeness (QED) is 0.744. The zero-order chi connectivity index (χ0) is 9.26. The molecular formula is C9H12ClN3. The van der Waals surface area contributed by atoms with E-state index in [9.17, 15) is 0 Å². The third-order valence-electron chi connectivity index (χ3n) is 2.25. The van der Waals surface area contributed by atoms with Crippen molar-refractivity contribution in [1.82, 2.24) is 9.97 Å². The Balaban J connectivity index is 2.26. The number of rotatable bonds is 3. The molecule has 4 heteroatoms. The first-order valence-corrected chi connectivity index (χ1v) is 4.93. The topological polar surface area (TPSA) is 29.0 Å². The van der Waals surface area contributed by atoms with Crippen LogP contribution < -0.4 is 4.90 Å². The van der Waals surface area contributed by atoms with Crippen molar-refractivity contribution in [2.75, 3.05) is 11.4 Å². The Morgan fingerprint density at radius 2 is 2.38 bits per heavy atom. The Labute approximate surface area is 82.8 Å². The van der Waals surface area contributed by atoms with Crippen molar-refractivity contribution in [3.8, 4) is 0 Å². The van der Waals surface area contributed by atoms with Crippen LogP contribution in [0.5, 0.6) is 0 Å². The van der Waals surface area contributed by atoms with Gasteiger partial charge in [0.2, 0.25) is 0 Å². The Morgan fingerprint density at radius 1 is 1.62 bits per heavy atom. The van der Waals surface area contributed by atoms with Crippen molar-refractivity contribution in [3.63, 3.8) is 0 Å². The Bertz CT molecular complexity index is 299. The van der Waals surface area contributed by atoms with Gasteiger partial charge in [0.15, 0.2) is 5.82 Å². The molecule has 1 aromatic rings. The summed E-state index contributed by atoms with van der Waals surface area (Å²) in [6.45, 7) is 3.08. The highest BCUT2D eigenvalue weighted by molar-refractivity contribution is 6.32. The van der Waals surface area contributed by atoms with E-state index in [-0.39, 0.29) is 0 Å². The molecule has 2 rings (SSSR count). The summed E-state index contributed by atoms with van der Waals surface area (Å²) in [5, 5.41) is 0.649. The van der Waals surface area contributed by atoms with Crippen LogP contribution in [0.1, 0.15) is 19.8 Å². The lowest BCUT2D eigenvalue weighted by molar-refractivity contribution is 0.805. The summed E-state index contributed by atoms with van der Waals surface area (Å²) >= 11 is 6.00. The summed E-state index contributed by atoms with van der Waals surface area (Å²) < 4.78 is 0. The monoisotopic (exact) mass is 197 g/mol. The van der Waals surface area contributed by atoms with Crippen LogP contribution in [0.3, 0.4) is 0 Å². The van der Waals surface area contributed by atoms with Gasteiger partial charge in [0.1, 0.15) is 11.3 Å². The molecule has 1 saturated carbocycles. The molecule has 0 atom stereocenters. The van der Waals surface area contributed by atoms with Crippen molar-refractivity contribution in [2.45, 2.75) is 25.8 Å². The van der Waals surface area contributed by atoms with Gasteiger partial charge in [0.05, 0.1) is 6.20 Å². The maximum absolute atomic E-state index is 6.00. The summed E-state index contributed by atoms with van der Waals surface area (Å²) in [4.78, 5) is 10.3. The van der Waals surface area contributed by atoms with Gasteiger partial charge in [0, 0.05) is 12.6 Å². The number of nitrogens with zero attached hydrogens (tertiary/aromatic N) is 3. The highest BCUT2D eigenvalue weighted by Gasteiger charge is 2.29. The smallest absolute Gasteiger partial charge is 0.151 e. The predicted molar refractivity (Wildman–Crippen MR) is 53.1 cm³/mol. The molecule has 1 heterocycles.